The molecule has 0 radical (unpaired) electrons. The number of amides is 1. The van der Waals surface area contributed by atoms with Gasteiger partial charge in [-0.2, -0.15) is 0 Å². The number of carbonyl (C=O) groups excluding carboxylic acids is 1. The second kappa shape index (κ2) is 9.14. The van der Waals surface area contributed by atoms with Crippen LogP contribution in [0.25, 0.3) is 0 Å². The minimum atomic E-state index is -0.404. The van der Waals surface area contributed by atoms with Crippen molar-refractivity contribution in [2.24, 2.45) is 11.7 Å². The average Bonchev–Trinajstić information content (AvgIpc) is 2.52. The third-order valence-corrected chi connectivity index (χ3v) is 4.57. The molecular formula is C18H29ClN2O3. The Balaban J connectivity index is 0.00000288. The number of hydrogen-bond donors (Lipinski definition) is 2. The first kappa shape index (κ1) is 20.6. The van der Waals surface area contributed by atoms with Gasteiger partial charge in [0.25, 0.3) is 0 Å². The van der Waals surface area contributed by atoms with Gasteiger partial charge in [-0.05, 0) is 44.4 Å². The Morgan fingerprint density at radius 2 is 2.12 bits per heavy atom. The first-order valence-corrected chi connectivity index (χ1v) is 8.34. The Labute approximate surface area is 150 Å². The maximum Gasteiger partial charge on any atom is 0.225 e. The highest BCUT2D eigenvalue weighted by atomic mass is 35.5. The summed E-state index contributed by atoms with van der Waals surface area (Å²) >= 11 is 0. The van der Waals surface area contributed by atoms with E-state index in [2.05, 4.69) is 5.32 Å². The lowest BCUT2D eigenvalue weighted by Crippen LogP contribution is -2.52. The molecule has 24 heavy (non-hydrogen) atoms. The fraction of sp³-hybridized carbons (Fsp3) is 0.611. The van der Waals surface area contributed by atoms with Crippen molar-refractivity contribution in [2.75, 3.05) is 13.7 Å². The van der Waals surface area contributed by atoms with Gasteiger partial charge in [0.15, 0.2) is 11.5 Å². The van der Waals surface area contributed by atoms with Crippen LogP contribution in [0.2, 0.25) is 0 Å². The molecule has 3 N–H and O–H groups in total. The number of carbonyl (C=O) groups is 1. The van der Waals surface area contributed by atoms with Crippen LogP contribution in [0.15, 0.2) is 18.2 Å². The zero-order chi connectivity index (χ0) is 16.9. The van der Waals surface area contributed by atoms with Crippen LogP contribution in [0.4, 0.5) is 0 Å². The number of nitrogens with one attached hydrogen (secondary N) is 1. The summed E-state index contributed by atoms with van der Waals surface area (Å²) in [6, 6.07) is 5.70. The first-order valence-electron chi connectivity index (χ1n) is 8.34. The molecule has 0 heterocycles. The molecule has 1 aliphatic rings. The average molecular weight is 357 g/mol. The lowest BCUT2D eigenvalue weighted by atomic mass is 9.74. The molecule has 2 rings (SSSR count). The lowest BCUT2D eigenvalue weighted by Gasteiger charge is -2.37. The van der Waals surface area contributed by atoms with Gasteiger partial charge in [0.1, 0.15) is 0 Å². The summed E-state index contributed by atoms with van der Waals surface area (Å²) in [5.74, 6) is 1.33. The van der Waals surface area contributed by atoms with Crippen LogP contribution in [0, 0.1) is 5.92 Å². The second-order valence-corrected chi connectivity index (χ2v) is 6.44. The van der Waals surface area contributed by atoms with Crippen molar-refractivity contribution in [3.05, 3.63) is 23.8 Å². The van der Waals surface area contributed by atoms with Crippen molar-refractivity contribution >= 4 is 18.3 Å². The molecule has 0 spiro atoms. The quantitative estimate of drug-likeness (QED) is 0.821. The predicted molar refractivity (Wildman–Crippen MR) is 97.8 cm³/mol. The van der Waals surface area contributed by atoms with E-state index in [1.807, 2.05) is 32.0 Å². The second-order valence-electron chi connectivity index (χ2n) is 6.44. The van der Waals surface area contributed by atoms with Crippen LogP contribution in [0.5, 0.6) is 11.5 Å². The number of halogens is 1. The summed E-state index contributed by atoms with van der Waals surface area (Å²) in [5, 5.41) is 3.02. The number of methoxy groups -OCH3 is 1. The minimum Gasteiger partial charge on any atom is -0.493 e. The van der Waals surface area contributed by atoms with Gasteiger partial charge in [0.05, 0.1) is 19.6 Å². The molecule has 0 bridgehead atoms. The van der Waals surface area contributed by atoms with Gasteiger partial charge in [-0.3, -0.25) is 4.79 Å². The van der Waals surface area contributed by atoms with Gasteiger partial charge < -0.3 is 20.5 Å². The van der Waals surface area contributed by atoms with Gasteiger partial charge in [0, 0.05) is 12.1 Å². The first-order chi connectivity index (χ1) is 11.0. The molecule has 0 aliphatic heterocycles. The minimum absolute atomic E-state index is 0. The molecule has 6 heteroatoms. The van der Waals surface area contributed by atoms with Crippen LogP contribution in [0.1, 0.15) is 45.1 Å². The maximum atomic E-state index is 12.5. The summed E-state index contributed by atoms with van der Waals surface area (Å²) in [4.78, 5) is 12.5. The highest BCUT2D eigenvalue weighted by Crippen LogP contribution is 2.32. The molecule has 1 aromatic rings. The van der Waals surface area contributed by atoms with Crippen LogP contribution >= 0.6 is 12.4 Å². The molecular weight excluding hydrogens is 328 g/mol. The number of rotatable bonds is 6. The monoisotopic (exact) mass is 356 g/mol. The number of benzene rings is 1. The Kier molecular flexibility index (Phi) is 7.84. The van der Waals surface area contributed by atoms with E-state index in [1.54, 1.807) is 7.11 Å². The molecule has 1 aliphatic carbocycles. The van der Waals surface area contributed by atoms with Crippen molar-refractivity contribution < 1.29 is 14.3 Å². The number of hydrogen-bond acceptors (Lipinski definition) is 4. The van der Waals surface area contributed by atoms with Gasteiger partial charge in [-0.1, -0.05) is 18.9 Å². The van der Waals surface area contributed by atoms with Crippen molar-refractivity contribution in [1.82, 2.24) is 5.32 Å². The van der Waals surface area contributed by atoms with E-state index in [9.17, 15) is 4.79 Å². The van der Waals surface area contributed by atoms with Gasteiger partial charge in [-0.15, -0.1) is 12.4 Å². The molecule has 136 valence electrons. The molecule has 1 saturated carbocycles. The standard InChI is InChI=1S/C18H28N2O3.ClH/c1-4-23-16-11-13(8-9-15(16)22-3)12-20-17(21)14-7-5-6-10-18(14,2)19;/h8-9,11,14H,4-7,10,12,19H2,1-3H3,(H,20,21);1H. The van der Waals surface area contributed by atoms with Crippen molar-refractivity contribution in [1.29, 1.82) is 0 Å². The van der Waals surface area contributed by atoms with Crippen LogP contribution < -0.4 is 20.5 Å². The fourth-order valence-corrected chi connectivity index (χ4v) is 3.20. The van der Waals surface area contributed by atoms with Gasteiger partial charge in [0.2, 0.25) is 5.91 Å². The van der Waals surface area contributed by atoms with E-state index >= 15 is 0 Å². The zero-order valence-corrected chi connectivity index (χ0v) is 15.6. The van der Waals surface area contributed by atoms with Gasteiger partial charge >= 0.3 is 0 Å². The number of nitrogens with two attached hydrogens (primary N) is 1. The Morgan fingerprint density at radius 3 is 2.75 bits per heavy atom. The fourth-order valence-electron chi connectivity index (χ4n) is 3.20. The highest BCUT2D eigenvalue weighted by Gasteiger charge is 2.37. The van der Waals surface area contributed by atoms with E-state index < -0.39 is 5.54 Å². The molecule has 1 amide bonds. The molecule has 0 saturated heterocycles. The van der Waals surface area contributed by atoms with E-state index in [1.165, 1.54) is 0 Å². The van der Waals surface area contributed by atoms with Crippen molar-refractivity contribution in [2.45, 2.75) is 51.6 Å². The molecule has 5 nitrogen and oxygen atoms in total. The van der Waals surface area contributed by atoms with E-state index in [0.717, 1.165) is 31.2 Å². The Bertz CT molecular complexity index is 549. The third kappa shape index (κ3) is 5.02. The predicted octanol–water partition coefficient (Wildman–Crippen LogP) is 3.04. The molecule has 1 aromatic carbocycles. The van der Waals surface area contributed by atoms with E-state index in [0.29, 0.717) is 24.7 Å². The normalized spacial score (nSPS) is 23.1. The molecule has 2 unspecified atom stereocenters. The van der Waals surface area contributed by atoms with E-state index in [4.69, 9.17) is 15.2 Å². The lowest BCUT2D eigenvalue weighted by molar-refractivity contribution is -0.128. The van der Waals surface area contributed by atoms with Gasteiger partial charge in [-0.25, -0.2) is 0 Å². The summed E-state index contributed by atoms with van der Waals surface area (Å²) in [7, 11) is 1.62. The molecule has 0 aromatic heterocycles. The van der Waals surface area contributed by atoms with Crippen LogP contribution in [-0.2, 0) is 11.3 Å². The number of ether oxygens (including phenoxy) is 2. The Hall–Kier alpha value is -1.46. The molecule has 2 atom stereocenters. The highest BCUT2D eigenvalue weighted by molar-refractivity contribution is 5.85. The topological polar surface area (TPSA) is 73.6 Å². The summed E-state index contributed by atoms with van der Waals surface area (Å²) in [6.07, 6.45) is 3.95. The summed E-state index contributed by atoms with van der Waals surface area (Å²) in [6.45, 7) is 4.95. The molecule has 1 fully saturated rings. The van der Waals surface area contributed by atoms with Crippen LogP contribution in [0.3, 0.4) is 0 Å². The largest absolute Gasteiger partial charge is 0.493 e. The van der Waals surface area contributed by atoms with E-state index in [-0.39, 0.29) is 24.2 Å². The third-order valence-electron chi connectivity index (χ3n) is 4.57. The van der Waals surface area contributed by atoms with Crippen molar-refractivity contribution in [3.63, 3.8) is 0 Å². The smallest absolute Gasteiger partial charge is 0.225 e. The Morgan fingerprint density at radius 1 is 1.38 bits per heavy atom. The summed E-state index contributed by atoms with van der Waals surface area (Å²) in [5.41, 5.74) is 6.88. The summed E-state index contributed by atoms with van der Waals surface area (Å²) < 4.78 is 10.8. The maximum absolute atomic E-state index is 12.5. The SMILES string of the molecule is CCOc1cc(CNC(=O)C2CCCCC2(C)N)ccc1OC.Cl. The van der Waals surface area contributed by atoms with Crippen molar-refractivity contribution in [3.8, 4) is 11.5 Å². The van der Waals surface area contributed by atoms with Crippen LogP contribution in [-0.4, -0.2) is 25.2 Å². The zero-order valence-electron chi connectivity index (χ0n) is 14.8.